The smallest absolute Gasteiger partial charge is 0.124 e. The second-order valence-corrected chi connectivity index (χ2v) is 6.13. The van der Waals surface area contributed by atoms with Crippen molar-refractivity contribution in [3.63, 3.8) is 0 Å². The molecule has 1 aromatic rings. The molecular formula is C18H31NO2. The van der Waals surface area contributed by atoms with Gasteiger partial charge in [-0.05, 0) is 53.7 Å². The SMILES string of the molecule is CCCNC(c1ccccc1OC(C)C)C(C)(C)OCC. The van der Waals surface area contributed by atoms with Crippen LogP contribution in [0.1, 0.15) is 59.6 Å². The van der Waals surface area contributed by atoms with Crippen molar-refractivity contribution in [3.05, 3.63) is 29.8 Å². The molecule has 1 rings (SSSR count). The predicted molar refractivity (Wildman–Crippen MR) is 88.9 cm³/mol. The molecule has 0 fully saturated rings. The molecule has 1 aromatic carbocycles. The Balaban J connectivity index is 3.13. The maximum atomic E-state index is 5.98. The highest BCUT2D eigenvalue weighted by atomic mass is 16.5. The van der Waals surface area contributed by atoms with Crippen molar-refractivity contribution in [2.45, 2.75) is 65.7 Å². The molecule has 0 aliphatic heterocycles. The standard InChI is InChI=1S/C18H31NO2/c1-7-13-19-17(18(5,6)20-8-2)15-11-9-10-12-16(15)21-14(3)4/h9-12,14,17,19H,7-8,13H2,1-6H3. The summed E-state index contributed by atoms with van der Waals surface area (Å²) in [7, 11) is 0. The van der Waals surface area contributed by atoms with Crippen molar-refractivity contribution < 1.29 is 9.47 Å². The summed E-state index contributed by atoms with van der Waals surface area (Å²) in [5.74, 6) is 0.939. The molecule has 3 heteroatoms. The monoisotopic (exact) mass is 293 g/mol. The van der Waals surface area contributed by atoms with Crippen LogP contribution < -0.4 is 10.1 Å². The summed E-state index contributed by atoms with van der Waals surface area (Å²) in [5, 5.41) is 3.62. The van der Waals surface area contributed by atoms with Crippen LogP contribution in [0.25, 0.3) is 0 Å². The van der Waals surface area contributed by atoms with Crippen LogP contribution in [0, 0.1) is 0 Å². The topological polar surface area (TPSA) is 30.5 Å². The van der Waals surface area contributed by atoms with Crippen LogP contribution in [0.5, 0.6) is 5.75 Å². The first-order chi connectivity index (χ1) is 9.92. The first-order valence-corrected chi connectivity index (χ1v) is 8.05. The molecule has 21 heavy (non-hydrogen) atoms. The van der Waals surface area contributed by atoms with Gasteiger partial charge in [-0.1, -0.05) is 25.1 Å². The first-order valence-electron chi connectivity index (χ1n) is 8.05. The van der Waals surface area contributed by atoms with Crippen molar-refractivity contribution in [1.82, 2.24) is 5.32 Å². The maximum absolute atomic E-state index is 5.98. The first kappa shape index (κ1) is 18.0. The van der Waals surface area contributed by atoms with E-state index in [1.54, 1.807) is 0 Å². The van der Waals surface area contributed by atoms with E-state index in [0.29, 0.717) is 6.61 Å². The lowest BCUT2D eigenvalue weighted by Crippen LogP contribution is -2.42. The quantitative estimate of drug-likeness (QED) is 0.735. The number of hydrogen-bond donors (Lipinski definition) is 1. The number of ether oxygens (including phenoxy) is 2. The van der Waals surface area contributed by atoms with E-state index >= 15 is 0 Å². The minimum atomic E-state index is -0.291. The molecule has 0 spiro atoms. The third-order valence-electron chi connectivity index (χ3n) is 3.40. The van der Waals surface area contributed by atoms with Gasteiger partial charge in [0.15, 0.2) is 0 Å². The zero-order valence-electron chi connectivity index (χ0n) is 14.4. The second-order valence-electron chi connectivity index (χ2n) is 6.13. The Hall–Kier alpha value is -1.06. The van der Waals surface area contributed by atoms with Gasteiger partial charge in [-0.25, -0.2) is 0 Å². The fourth-order valence-corrected chi connectivity index (χ4v) is 2.55. The van der Waals surface area contributed by atoms with E-state index in [0.717, 1.165) is 24.3 Å². The van der Waals surface area contributed by atoms with E-state index in [4.69, 9.17) is 9.47 Å². The number of hydrogen-bond acceptors (Lipinski definition) is 3. The van der Waals surface area contributed by atoms with Crippen molar-refractivity contribution in [2.24, 2.45) is 0 Å². The molecule has 0 heterocycles. The summed E-state index contributed by atoms with van der Waals surface area (Å²) in [4.78, 5) is 0. The number of para-hydroxylation sites is 1. The third kappa shape index (κ3) is 5.33. The van der Waals surface area contributed by atoms with Crippen molar-refractivity contribution >= 4 is 0 Å². The summed E-state index contributed by atoms with van der Waals surface area (Å²) < 4.78 is 12.0. The zero-order valence-corrected chi connectivity index (χ0v) is 14.4. The highest BCUT2D eigenvalue weighted by molar-refractivity contribution is 5.37. The van der Waals surface area contributed by atoms with E-state index in [1.807, 2.05) is 19.1 Å². The van der Waals surface area contributed by atoms with Gasteiger partial charge in [0.2, 0.25) is 0 Å². The highest BCUT2D eigenvalue weighted by Crippen LogP contribution is 2.35. The van der Waals surface area contributed by atoms with Gasteiger partial charge >= 0.3 is 0 Å². The molecule has 120 valence electrons. The summed E-state index contributed by atoms with van der Waals surface area (Å²) in [6.45, 7) is 14.2. The molecule has 0 aliphatic carbocycles. The molecule has 1 unspecified atom stereocenters. The Labute approximate surface area is 130 Å². The summed E-state index contributed by atoms with van der Waals surface area (Å²) in [6, 6.07) is 8.35. The normalized spacial score (nSPS) is 13.5. The number of rotatable bonds is 9. The molecule has 0 aliphatic rings. The molecule has 0 amide bonds. The average Bonchev–Trinajstić information content (AvgIpc) is 2.40. The van der Waals surface area contributed by atoms with E-state index in [2.05, 4.69) is 52.1 Å². The van der Waals surface area contributed by atoms with E-state index < -0.39 is 0 Å². The van der Waals surface area contributed by atoms with Crippen molar-refractivity contribution in [2.75, 3.05) is 13.2 Å². The van der Waals surface area contributed by atoms with Gasteiger partial charge in [0.1, 0.15) is 5.75 Å². The molecule has 0 bridgehead atoms. The molecule has 0 saturated heterocycles. The minimum absolute atomic E-state index is 0.104. The largest absolute Gasteiger partial charge is 0.491 e. The molecule has 3 nitrogen and oxygen atoms in total. The van der Waals surface area contributed by atoms with Crippen LogP contribution in [-0.4, -0.2) is 24.9 Å². The number of benzene rings is 1. The summed E-state index contributed by atoms with van der Waals surface area (Å²) in [6.07, 6.45) is 1.25. The third-order valence-corrected chi connectivity index (χ3v) is 3.40. The van der Waals surface area contributed by atoms with Crippen molar-refractivity contribution in [1.29, 1.82) is 0 Å². The van der Waals surface area contributed by atoms with Gasteiger partial charge in [0.25, 0.3) is 0 Å². The van der Waals surface area contributed by atoms with Crippen LogP contribution in [0.4, 0.5) is 0 Å². The zero-order chi connectivity index (χ0) is 15.9. The lowest BCUT2D eigenvalue weighted by Gasteiger charge is -2.36. The minimum Gasteiger partial charge on any atom is -0.491 e. The van der Waals surface area contributed by atoms with E-state index in [9.17, 15) is 0 Å². The van der Waals surface area contributed by atoms with Crippen LogP contribution in [0.2, 0.25) is 0 Å². The van der Waals surface area contributed by atoms with E-state index in [-0.39, 0.29) is 17.7 Å². The van der Waals surface area contributed by atoms with Gasteiger partial charge in [-0.15, -0.1) is 0 Å². The molecule has 0 aromatic heterocycles. The van der Waals surface area contributed by atoms with E-state index in [1.165, 1.54) is 0 Å². The van der Waals surface area contributed by atoms with Crippen molar-refractivity contribution in [3.8, 4) is 5.75 Å². The fraction of sp³-hybridized carbons (Fsp3) is 0.667. The van der Waals surface area contributed by atoms with Crippen LogP contribution in [0.3, 0.4) is 0 Å². The van der Waals surface area contributed by atoms with Gasteiger partial charge in [0.05, 0.1) is 17.7 Å². The maximum Gasteiger partial charge on any atom is 0.124 e. The lowest BCUT2D eigenvalue weighted by atomic mass is 9.90. The summed E-state index contributed by atoms with van der Waals surface area (Å²) >= 11 is 0. The van der Waals surface area contributed by atoms with Gasteiger partial charge < -0.3 is 14.8 Å². The van der Waals surface area contributed by atoms with Crippen LogP contribution >= 0.6 is 0 Å². The molecule has 0 radical (unpaired) electrons. The molecule has 1 atom stereocenters. The Morgan fingerprint density at radius 1 is 1.14 bits per heavy atom. The lowest BCUT2D eigenvalue weighted by molar-refractivity contribution is -0.0398. The van der Waals surface area contributed by atoms with Gasteiger partial charge in [-0.2, -0.15) is 0 Å². The highest BCUT2D eigenvalue weighted by Gasteiger charge is 2.33. The fourth-order valence-electron chi connectivity index (χ4n) is 2.55. The Morgan fingerprint density at radius 3 is 2.38 bits per heavy atom. The van der Waals surface area contributed by atoms with Crippen LogP contribution in [0.15, 0.2) is 24.3 Å². The Morgan fingerprint density at radius 2 is 1.81 bits per heavy atom. The average molecular weight is 293 g/mol. The molecule has 1 N–H and O–H groups in total. The second kappa shape index (κ2) is 8.40. The van der Waals surface area contributed by atoms with Gasteiger partial charge in [-0.3, -0.25) is 0 Å². The Kier molecular flexibility index (Phi) is 7.20. The number of nitrogens with one attached hydrogen (secondary N) is 1. The van der Waals surface area contributed by atoms with Crippen LogP contribution in [-0.2, 0) is 4.74 Å². The predicted octanol–water partition coefficient (Wildman–Crippen LogP) is 4.33. The summed E-state index contributed by atoms with van der Waals surface area (Å²) in [5.41, 5.74) is 0.874. The Bertz CT molecular complexity index is 415. The molecule has 0 saturated carbocycles. The molecular weight excluding hydrogens is 262 g/mol. The van der Waals surface area contributed by atoms with Gasteiger partial charge in [0, 0.05) is 12.2 Å².